The molecule has 1 amide bonds. The molecule has 0 aromatic heterocycles. The van der Waals surface area contributed by atoms with Gasteiger partial charge in [-0.3, -0.25) is 9.79 Å². The summed E-state index contributed by atoms with van der Waals surface area (Å²) in [6.07, 6.45) is 12.4. The van der Waals surface area contributed by atoms with Crippen LogP contribution in [0.2, 0.25) is 0 Å². The van der Waals surface area contributed by atoms with E-state index in [1.165, 1.54) is 44.9 Å². The second-order valence-corrected chi connectivity index (χ2v) is 7.44. The zero-order chi connectivity index (χ0) is 18.5. The minimum atomic E-state index is 0.223. The van der Waals surface area contributed by atoms with Crippen molar-refractivity contribution in [1.82, 2.24) is 16.0 Å². The Morgan fingerprint density at radius 1 is 0.962 bits per heavy atom. The fourth-order valence-corrected chi connectivity index (χ4v) is 3.44. The SMILES string of the molecule is CCNC(=NCCCNC(=O)C1CCC1)NCCOC1CCCCCC1. The van der Waals surface area contributed by atoms with E-state index in [2.05, 4.69) is 27.9 Å². The van der Waals surface area contributed by atoms with Crippen LogP contribution in [0, 0.1) is 5.92 Å². The van der Waals surface area contributed by atoms with Crippen molar-refractivity contribution in [3.05, 3.63) is 0 Å². The van der Waals surface area contributed by atoms with Crippen LogP contribution in [-0.2, 0) is 9.53 Å². The maximum absolute atomic E-state index is 11.8. The van der Waals surface area contributed by atoms with Crippen LogP contribution in [0.4, 0.5) is 0 Å². The average Bonchev–Trinajstić information content (AvgIpc) is 2.85. The second-order valence-electron chi connectivity index (χ2n) is 7.44. The van der Waals surface area contributed by atoms with E-state index in [1.807, 2.05) is 0 Å². The molecule has 2 rings (SSSR count). The van der Waals surface area contributed by atoms with Crippen LogP contribution < -0.4 is 16.0 Å². The van der Waals surface area contributed by atoms with Crippen LogP contribution in [0.25, 0.3) is 0 Å². The minimum absolute atomic E-state index is 0.223. The maximum atomic E-state index is 11.8. The summed E-state index contributed by atoms with van der Waals surface area (Å²) in [6.45, 7) is 5.84. The zero-order valence-electron chi connectivity index (χ0n) is 16.5. The number of guanidine groups is 1. The number of carbonyl (C=O) groups excluding carboxylic acids is 1. The summed E-state index contributed by atoms with van der Waals surface area (Å²) < 4.78 is 6.01. The molecule has 0 aromatic rings. The van der Waals surface area contributed by atoms with Gasteiger partial charge in [-0.25, -0.2) is 0 Å². The lowest BCUT2D eigenvalue weighted by atomic mass is 9.85. The van der Waals surface area contributed by atoms with E-state index in [1.54, 1.807) is 0 Å². The number of amides is 1. The molecule has 2 aliphatic rings. The van der Waals surface area contributed by atoms with Crippen molar-refractivity contribution in [3.63, 3.8) is 0 Å². The van der Waals surface area contributed by atoms with Gasteiger partial charge in [0.25, 0.3) is 0 Å². The molecule has 6 nitrogen and oxygen atoms in total. The quantitative estimate of drug-likeness (QED) is 0.240. The largest absolute Gasteiger partial charge is 0.376 e. The van der Waals surface area contributed by atoms with Gasteiger partial charge in [0, 0.05) is 32.1 Å². The van der Waals surface area contributed by atoms with Crippen LogP contribution in [0.1, 0.15) is 71.1 Å². The average molecular weight is 367 g/mol. The smallest absolute Gasteiger partial charge is 0.223 e. The summed E-state index contributed by atoms with van der Waals surface area (Å²) in [5.74, 6) is 1.33. The van der Waals surface area contributed by atoms with Crippen molar-refractivity contribution in [3.8, 4) is 0 Å². The second kappa shape index (κ2) is 13.0. The number of aliphatic imine (C=N–C) groups is 1. The van der Waals surface area contributed by atoms with Crippen molar-refractivity contribution in [1.29, 1.82) is 0 Å². The molecule has 0 aliphatic heterocycles. The molecule has 0 radical (unpaired) electrons. The van der Waals surface area contributed by atoms with E-state index in [9.17, 15) is 4.79 Å². The Morgan fingerprint density at radius 3 is 2.38 bits per heavy atom. The van der Waals surface area contributed by atoms with E-state index < -0.39 is 0 Å². The Labute approximate surface area is 158 Å². The third-order valence-corrected chi connectivity index (χ3v) is 5.27. The molecule has 0 aromatic carbocycles. The number of rotatable bonds is 10. The molecular weight excluding hydrogens is 328 g/mol. The molecule has 0 atom stereocenters. The maximum Gasteiger partial charge on any atom is 0.223 e. The normalized spacial score (nSPS) is 19.5. The topological polar surface area (TPSA) is 74.8 Å². The highest BCUT2D eigenvalue weighted by molar-refractivity contribution is 5.80. The first kappa shape index (κ1) is 21.0. The third kappa shape index (κ3) is 8.39. The van der Waals surface area contributed by atoms with Gasteiger partial charge < -0.3 is 20.7 Å². The molecule has 2 saturated carbocycles. The fourth-order valence-electron chi connectivity index (χ4n) is 3.44. The van der Waals surface area contributed by atoms with Crippen molar-refractivity contribution >= 4 is 11.9 Å². The number of ether oxygens (including phenoxy) is 1. The first-order valence-electron chi connectivity index (χ1n) is 10.7. The lowest BCUT2D eigenvalue weighted by molar-refractivity contribution is -0.127. The van der Waals surface area contributed by atoms with E-state index in [4.69, 9.17) is 4.74 Å². The number of hydrogen-bond acceptors (Lipinski definition) is 3. The molecule has 0 heterocycles. The molecule has 0 unspecified atom stereocenters. The highest BCUT2D eigenvalue weighted by Crippen LogP contribution is 2.26. The highest BCUT2D eigenvalue weighted by atomic mass is 16.5. The first-order valence-corrected chi connectivity index (χ1v) is 10.7. The molecular formula is C20H38N4O2. The molecule has 26 heavy (non-hydrogen) atoms. The van der Waals surface area contributed by atoms with E-state index in [0.717, 1.165) is 44.9 Å². The van der Waals surface area contributed by atoms with Crippen molar-refractivity contribution in [2.75, 3.05) is 32.8 Å². The van der Waals surface area contributed by atoms with Crippen LogP contribution in [-0.4, -0.2) is 50.8 Å². The molecule has 6 heteroatoms. The van der Waals surface area contributed by atoms with Gasteiger partial charge in [-0.2, -0.15) is 0 Å². The summed E-state index contributed by atoms with van der Waals surface area (Å²) in [4.78, 5) is 16.3. The van der Waals surface area contributed by atoms with Crippen LogP contribution >= 0.6 is 0 Å². The standard InChI is InChI=1S/C20H38N4O2/c1-2-21-20(23-14-8-13-22-19(25)17-9-7-10-17)24-15-16-26-18-11-5-3-4-6-12-18/h17-18H,2-16H2,1H3,(H,22,25)(H2,21,23,24). The summed E-state index contributed by atoms with van der Waals surface area (Å²) in [5.41, 5.74) is 0. The lowest BCUT2D eigenvalue weighted by Crippen LogP contribution is -2.39. The lowest BCUT2D eigenvalue weighted by Gasteiger charge is -2.23. The number of nitrogens with zero attached hydrogens (tertiary/aromatic N) is 1. The first-order chi connectivity index (χ1) is 12.8. The van der Waals surface area contributed by atoms with E-state index >= 15 is 0 Å². The van der Waals surface area contributed by atoms with Gasteiger partial charge in [0.05, 0.1) is 12.7 Å². The molecule has 150 valence electrons. The Bertz CT molecular complexity index is 416. The van der Waals surface area contributed by atoms with Gasteiger partial charge in [-0.05, 0) is 39.0 Å². The Kier molecular flexibility index (Phi) is 10.5. The highest BCUT2D eigenvalue weighted by Gasteiger charge is 2.24. The fraction of sp³-hybridized carbons (Fsp3) is 0.900. The summed E-state index contributed by atoms with van der Waals surface area (Å²) in [6, 6.07) is 0. The predicted molar refractivity (Wildman–Crippen MR) is 106 cm³/mol. The summed E-state index contributed by atoms with van der Waals surface area (Å²) in [7, 11) is 0. The minimum Gasteiger partial charge on any atom is -0.376 e. The molecule has 0 bridgehead atoms. The molecule has 2 fully saturated rings. The van der Waals surface area contributed by atoms with Crippen molar-refractivity contribution in [2.45, 2.75) is 77.2 Å². The molecule has 0 spiro atoms. The number of hydrogen-bond donors (Lipinski definition) is 3. The molecule has 3 N–H and O–H groups in total. The number of carbonyl (C=O) groups is 1. The van der Waals surface area contributed by atoms with Gasteiger partial charge >= 0.3 is 0 Å². The van der Waals surface area contributed by atoms with Crippen molar-refractivity contribution < 1.29 is 9.53 Å². The van der Waals surface area contributed by atoms with E-state index in [0.29, 0.717) is 19.2 Å². The monoisotopic (exact) mass is 366 g/mol. The Hall–Kier alpha value is -1.30. The van der Waals surface area contributed by atoms with Crippen LogP contribution in [0.3, 0.4) is 0 Å². The van der Waals surface area contributed by atoms with Crippen LogP contribution in [0.15, 0.2) is 4.99 Å². The Morgan fingerprint density at radius 2 is 1.73 bits per heavy atom. The third-order valence-electron chi connectivity index (χ3n) is 5.27. The van der Waals surface area contributed by atoms with Crippen molar-refractivity contribution in [2.24, 2.45) is 10.9 Å². The van der Waals surface area contributed by atoms with E-state index in [-0.39, 0.29) is 11.8 Å². The van der Waals surface area contributed by atoms with Gasteiger partial charge in [0.2, 0.25) is 5.91 Å². The van der Waals surface area contributed by atoms with Gasteiger partial charge in [0.15, 0.2) is 5.96 Å². The number of nitrogens with one attached hydrogen (secondary N) is 3. The summed E-state index contributed by atoms with van der Waals surface area (Å²) >= 11 is 0. The van der Waals surface area contributed by atoms with Gasteiger partial charge in [-0.15, -0.1) is 0 Å². The predicted octanol–water partition coefficient (Wildman–Crippen LogP) is 2.59. The molecule has 2 aliphatic carbocycles. The summed E-state index contributed by atoms with van der Waals surface area (Å²) in [5, 5.41) is 9.62. The zero-order valence-corrected chi connectivity index (χ0v) is 16.5. The molecule has 0 saturated heterocycles. The van der Waals surface area contributed by atoms with Gasteiger partial charge in [-0.1, -0.05) is 32.1 Å². The van der Waals surface area contributed by atoms with Crippen LogP contribution in [0.5, 0.6) is 0 Å². The van der Waals surface area contributed by atoms with Gasteiger partial charge in [0.1, 0.15) is 0 Å². The Balaban J connectivity index is 1.54.